The summed E-state index contributed by atoms with van der Waals surface area (Å²) in [6.45, 7) is 2.23. The summed E-state index contributed by atoms with van der Waals surface area (Å²) in [4.78, 5) is 32.4. The number of carbonyl (C=O) groups is 2. The van der Waals surface area contributed by atoms with Gasteiger partial charge in [0, 0.05) is 38.6 Å². The van der Waals surface area contributed by atoms with Crippen LogP contribution in [0.2, 0.25) is 0 Å². The van der Waals surface area contributed by atoms with E-state index < -0.39 is 0 Å². The van der Waals surface area contributed by atoms with Crippen LogP contribution in [0.15, 0.2) is 36.2 Å². The van der Waals surface area contributed by atoms with Gasteiger partial charge in [-0.25, -0.2) is 9.78 Å². The summed E-state index contributed by atoms with van der Waals surface area (Å²) in [6, 6.07) is 3.61. The number of amides is 2. The fourth-order valence-electron chi connectivity index (χ4n) is 2.19. The third-order valence-electron chi connectivity index (χ3n) is 3.29. The molecular formula is C13H14N4O2S. The van der Waals surface area contributed by atoms with Crippen LogP contribution in [0.3, 0.4) is 0 Å². The minimum atomic E-state index is -0.0919. The van der Waals surface area contributed by atoms with E-state index in [0.29, 0.717) is 26.2 Å². The van der Waals surface area contributed by atoms with Crippen LogP contribution >= 0.6 is 11.3 Å². The molecule has 0 atom stereocenters. The molecule has 1 fully saturated rings. The summed E-state index contributed by atoms with van der Waals surface area (Å²) in [5.41, 5.74) is 0. The highest BCUT2D eigenvalue weighted by Gasteiger charge is 2.25. The zero-order valence-corrected chi connectivity index (χ0v) is 11.6. The fraction of sp³-hybridized carbons (Fsp3) is 0.308. The average Bonchev–Trinajstić information content (AvgIpc) is 3.18. The lowest BCUT2D eigenvalue weighted by molar-refractivity contribution is 0.0670. The highest BCUT2D eigenvalue weighted by molar-refractivity contribution is 7.12. The van der Waals surface area contributed by atoms with E-state index in [4.69, 9.17) is 0 Å². The molecule has 0 saturated carbocycles. The Kier molecular flexibility index (Phi) is 3.51. The van der Waals surface area contributed by atoms with Gasteiger partial charge in [0.25, 0.3) is 5.91 Å². The number of hydrogen-bond acceptors (Lipinski definition) is 4. The first-order chi connectivity index (χ1) is 9.75. The number of imidazole rings is 1. The van der Waals surface area contributed by atoms with E-state index in [-0.39, 0.29) is 11.9 Å². The van der Waals surface area contributed by atoms with Crippen molar-refractivity contribution in [3.8, 4) is 0 Å². The largest absolute Gasteiger partial charge is 0.334 e. The number of nitrogens with zero attached hydrogens (tertiary/aromatic N) is 4. The summed E-state index contributed by atoms with van der Waals surface area (Å²) in [7, 11) is 0. The second kappa shape index (κ2) is 5.46. The Morgan fingerprint density at radius 2 is 1.90 bits per heavy atom. The molecule has 2 aromatic rings. The number of aromatic nitrogens is 2. The van der Waals surface area contributed by atoms with E-state index >= 15 is 0 Å². The summed E-state index contributed by atoms with van der Waals surface area (Å²) >= 11 is 1.45. The highest BCUT2D eigenvalue weighted by Crippen LogP contribution is 2.14. The van der Waals surface area contributed by atoms with Gasteiger partial charge in [0.2, 0.25) is 0 Å². The molecule has 104 valence electrons. The van der Waals surface area contributed by atoms with E-state index in [9.17, 15) is 9.59 Å². The Hall–Kier alpha value is -2.15. The SMILES string of the molecule is O=C(c1cccs1)N1CCN(C(=O)n2ccnc2)CC1. The molecule has 0 bridgehead atoms. The van der Waals surface area contributed by atoms with Crippen molar-refractivity contribution >= 4 is 23.3 Å². The summed E-state index contributed by atoms with van der Waals surface area (Å²) in [6.07, 6.45) is 4.70. The molecule has 0 radical (unpaired) electrons. The molecule has 1 aliphatic rings. The highest BCUT2D eigenvalue weighted by atomic mass is 32.1. The third kappa shape index (κ3) is 2.44. The Bertz CT molecular complexity index is 532. The van der Waals surface area contributed by atoms with Crippen molar-refractivity contribution in [3.63, 3.8) is 0 Å². The minimum absolute atomic E-state index is 0.0507. The summed E-state index contributed by atoms with van der Waals surface area (Å²) < 4.78 is 1.46. The molecule has 0 unspecified atom stereocenters. The first kappa shape index (κ1) is 12.9. The van der Waals surface area contributed by atoms with Gasteiger partial charge in [0.05, 0.1) is 4.88 Å². The number of carbonyl (C=O) groups excluding carboxylic acids is 2. The predicted molar refractivity (Wildman–Crippen MR) is 74.8 cm³/mol. The molecule has 2 amide bonds. The van der Waals surface area contributed by atoms with E-state index in [1.807, 2.05) is 17.5 Å². The average molecular weight is 290 g/mol. The first-order valence-electron chi connectivity index (χ1n) is 6.36. The third-order valence-corrected chi connectivity index (χ3v) is 4.15. The number of hydrogen-bond donors (Lipinski definition) is 0. The monoisotopic (exact) mass is 290 g/mol. The van der Waals surface area contributed by atoms with Crippen molar-refractivity contribution in [3.05, 3.63) is 41.1 Å². The predicted octanol–water partition coefficient (Wildman–Crippen LogP) is 1.37. The van der Waals surface area contributed by atoms with Gasteiger partial charge in [0.15, 0.2) is 0 Å². The van der Waals surface area contributed by atoms with Crippen LogP contribution in [-0.4, -0.2) is 57.5 Å². The molecule has 3 heterocycles. The van der Waals surface area contributed by atoms with Gasteiger partial charge in [-0.2, -0.15) is 0 Å². The quantitative estimate of drug-likeness (QED) is 0.797. The molecule has 0 N–H and O–H groups in total. The number of piperazine rings is 1. The van der Waals surface area contributed by atoms with E-state index in [0.717, 1.165) is 4.88 Å². The number of rotatable bonds is 1. The van der Waals surface area contributed by atoms with E-state index in [2.05, 4.69) is 4.98 Å². The fourth-order valence-corrected chi connectivity index (χ4v) is 2.88. The number of thiophene rings is 1. The van der Waals surface area contributed by atoms with Gasteiger partial charge < -0.3 is 9.80 Å². The zero-order chi connectivity index (χ0) is 13.9. The van der Waals surface area contributed by atoms with Gasteiger partial charge in [-0.3, -0.25) is 9.36 Å². The molecule has 0 aliphatic carbocycles. The molecular weight excluding hydrogens is 276 g/mol. The van der Waals surface area contributed by atoms with E-state index in [1.54, 1.807) is 22.2 Å². The molecule has 6 nitrogen and oxygen atoms in total. The van der Waals surface area contributed by atoms with Crippen molar-refractivity contribution in [2.24, 2.45) is 0 Å². The van der Waals surface area contributed by atoms with Gasteiger partial charge in [0.1, 0.15) is 6.33 Å². The topological polar surface area (TPSA) is 58.4 Å². The lowest BCUT2D eigenvalue weighted by Crippen LogP contribution is -2.51. The van der Waals surface area contributed by atoms with Gasteiger partial charge in [-0.05, 0) is 11.4 Å². The molecule has 0 spiro atoms. The van der Waals surface area contributed by atoms with Crippen LogP contribution in [0, 0.1) is 0 Å². The Balaban J connectivity index is 1.60. The molecule has 1 saturated heterocycles. The maximum atomic E-state index is 12.2. The Labute approximate surface area is 120 Å². The van der Waals surface area contributed by atoms with E-state index in [1.165, 1.54) is 22.2 Å². The van der Waals surface area contributed by atoms with Gasteiger partial charge in [-0.15, -0.1) is 11.3 Å². The van der Waals surface area contributed by atoms with Crippen molar-refractivity contribution in [2.75, 3.05) is 26.2 Å². The normalized spacial score (nSPS) is 15.4. The first-order valence-corrected chi connectivity index (χ1v) is 7.23. The molecule has 0 aromatic carbocycles. The summed E-state index contributed by atoms with van der Waals surface area (Å²) in [5.74, 6) is 0.0507. The Morgan fingerprint density at radius 1 is 1.15 bits per heavy atom. The van der Waals surface area contributed by atoms with Gasteiger partial charge >= 0.3 is 6.03 Å². The maximum absolute atomic E-state index is 12.2. The second-order valence-electron chi connectivity index (χ2n) is 4.51. The minimum Gasteiger partial charge on any atom is -0.334 e. The lowest BCUT2D eigenvalue weighted by atomic mass is 10.3. The lowest BCUT2D eigenvalue weighted by Gasteiger charge is -2.34. The molecule has 2 aromatic heterocycles. The zero-order valence-electron chi connectivity index (χ0n) is 10.8. The second-order valence-corrected chi connectivity index (χ2v) is 5.46. The van der Waals surface area contributed by atoms with Gasteiger partial charge in [-0.1, -0.05) is 6.07 Å². The summed E-state index contributed by atoms with van der Waals surface area (Å²) in [5, 5.41) is 1.89. The van der Waals surface area contributed by atoms with Crippen molar-refractivity contribution in [2.45, 2.75) is 0 Å². The van der Waals surface area contributed by atoms with Crippen molar-refractivity contribution in [1.82, 2.24) is 19.4 Å². The molecule has 1 aliphatic heterocycles. The van der Waals surface area contributed by atoms with Crippen molar-refractivity contribution in [1.29, 1.82) is 0 Å². The Morgan fingerprint density at radius 3 is 2.50 bits per heavy atom. The van der Waals surface area contributed by atoms with Crippen LogP contribution in [0.4, 0.5) is 4.79 Å². The smallest absolute Gasteiger partial charge is 0.329 e. The molecule has 3 rings (SSSR count). The van der Waals surface area contributed by atoms with Crippen LogP contribution in [0.1, 0.15) is 9.67 Å². The van der Waals surface area contributed by atoms with Crippen LogP contribution < -0.4 is 0 Å². The maximum Gasteiger partial charge on any atom is 0.329 e. The van der Waals surface area contributed by atoms with Crippen LogP contribution in [-0.2, 0) is 0 Å². The van der Waals surface area contributed by atoms with Crippen LogP contribution in [0.5, 0.6) is 0 Å². The van der Waals surface area contributed by atoms with Crippen molar-refractivity contribution < 1.29 is 9.59 Å². The molecule has 20 heavy (non-hydrogen) atoms. The molecule has 7 heteroatoms. The van der Waals surface area contributed by atoms with Crippen LogP contribution in [0.25, 0.3) is 0 Å². The standard InChI is InChI=1S/C13H14N4O2S/c18-12(11-2-1-9-20-11)15-5-7-16(8-6-15)13(19)17-4-3-14-10-17/h1-4,9-10H,5-8H2.